The molecule has 3 heteroatoms. The van der Waals surface area contributed by atoms with Crippen molar-refractivity contribution in [3.63, 3.8) is 0 Å². The Balaban J connectivity index is 2.99. The predicted octanol–water partition coefficient (Wildman–Crippen LogP) is 0.492. The third-order valence-corrected chi connectivity index (χ3v) is 0.602. The first-order chi connectivity index (χ1) is 3.35. The average molecular weight is 109 g/mol. The van der Waals surface area contributed by atoms with Crippen molar-refractivity contribution in [2.45, 2.75) is 0 Å². The van der Waals surface area contributed by atoms with Crippen LogP contribution >= 0.6 is 0 Å². The SMILES string of the molecule is OC[C](CF)CF. The first kappa shape index (κ1) is 6.82. The molecule has 0 saturated heterocycles. The van der Waals surface area contributed by atoms with E-state index in [-0.39, 0.29) is 5.92 Å². The van der Waals surface area contributed by atoms with Gasteiger partial charge in [-0.05, 0) is 0 Å². The van der Waals surface area contributed by atoms with Crippen molar-refractivity contribution in [3.05, 3.63) is 5.92 Å². The number of halogens is 2. The summed E-state index contributed by atoms with van der Waals surface area (Å²) in [5, 5.41) is 8.01. The third kappa shape index (κ3) is 2.51. The fourth-order valence-corrected chi connectivity index (χ4v) is 0.120. The van der Waals surface area contributed by atoms with Gasteiger partial charge in [-0.2, -0.15) is 0 Å². The maximum atomic E-state index is 11.2. The highest BCUT2D eigenvalue weighted by atomic mass is 19.1. The van der Waals surface area contributed by atoms with Crippen LogP contribution in [0.15, 0.2) is 0 Å². The molecular weight excluding hydrogens is 102 g/mol. The lowest BCUT2D eigenvalue weighted by molar-refractivity contribution is 0.267. The molecule has 0 fully saturated rings. The molecule has 0 aromatic carbocycles. The molecule has 0 amide bonds. The van der Waals surface area contributed by atoms with E-state index < -0.39 is 20.0 Å². The number of aliphatic hydroxyl groups excluding tert-OH is 1. The molecule has 0 aliphatic rings. The first-order valence-corrected chi connectivity index (χ1v) is 1.91. The van der Waals surface area contributed by atoms with Crippen LogP contribution < -0.4 is 0 Å². The van der Waals surface area contributed by atoms with Crippen molar-refractivity contribution in [3.8, 4) is 0 Å². The van der Waals surface area contributed by atoms with Crippen LogP contribution in [0.3, 0.4) is 0 Å². The first-order valence-electron chi connectivity index (χ1n) is 1.91. The van der Waals surface area contributed by atoms with E-state index in [0.717, 1.165) is 0 Å². The van der Waals surface area contributed by atoms with E-state index in [1.807, 2.05) is 0 Å². The van der Waals surface area contributed by atoms with Gasteiger partial charge >= 0.3 is 0 Å². The zero-order valence-electron chi connectivity index (χ0n) is 3.82. The van der Waals surface area contributed by atoms with Gasteiger partial charge in [0.25, 0.3) is 0 Å². The maximum absolute atomic E-state index is 11.2. The minimum absolute atomic E-state index is 0.0972. The molecule has 7 heavy (non-hydrogen) atoms. The summed E-state index contributed by atoms with van der Waals surface area (Å²) in [4.78, 5) is 0. The smallest absolute Gasteiger partial charge is 0.101 e. The zero-order chi connectivity index (χ0) is 5.70. The summed E-state index contributed by atoms with van der Waals surface area (Å²) in [6, 6.07) is 0. The highest BCUT2D eigenvalue weighted by molar-refractivity contribution is 4.87. The van der Waals surface area contributed by atoms with Crippen LogP contribution in [0.25, 0.3) is 0 Å². The van der Waals surface area contributed by atoms with Crippen LogP contribution in [-0.4, -0.2) is 25.1 Å². The Bertz CT molecular complexity index is 31.2. The molecule has 0 aromatic rings. The normalized spacial score (nSPS) is 10.3. The van der Waals surface area contributed by atoms with Gasteiger partial charge in [0, 0.05) is 0 Å². The summed E-state index contributed by atoms with van der Waals surface area (Å²) in [5.41, 5.74) is 0. The predicted molar refractivity (Wildman–Crippen MR) is 22.3 cm³/mol. The molecule has 0 bridgehead atoms. The minimum Gasteiger partial charge on any atom is -0.396 e. The van der Waals surface area contributed by atoms with Gasteiger partial charge < -0.3 is 5.11 Å². The van der Waals surface area contributed by atoms with Crippen LogP contribution in [0.2, 0.25) is 0 Å². The van der Waals surface area contributed by atoms with E-state index in [9.17, 15) is 8.78 Å². The maximum Gasteiger partial charge on any atom is 0.101 e. The summed E-state index contributed by atoms with van der Waals surface area (Å²) >= 11 is 0. The quantitative estimate of drug-likeness (QED) is 0.559. The summed E-state index contributed by atoms with van der Waals surface area (Å²) < 4.78 is 22.4. The summed E-state index contributed by atoms with van der Waals surface area (Å²) in [5.74, 6) is -0.0972. The Hall–Kier alpha value is -0.180. The zero-order valence-corrected chi connectivity index (χ0v) is 3.82. The molecule has 0 aromatic heterocycles. The molecule has 0 aliphatic heterocycles. The molecule has 0 spiro atoms. The van der Waals surface area contributed by atoms with Gasteiger partial charge in [0.2, 0.25) is 0 Å². The van der Waals surface area contributed by atoms with E-state index >= 15 is 0 Å². The van der Waals surface area contributed by atoms with E-state index in [0.29, 0.717) is 0 Å². The second-order valence-electron chi connectivity index (χ2n) is 1.18. The molecule has 0 unspecified atom stereocenters. The summed E-state index contributed by atoms with van der Waals surface area (Å²) in [6.07, 6.45) is 0. The van der Waals surface area contributed by atoms with E-state index in [1.165, 1.54) is 0 Å². The molecule has 0 atom stereocenters. The van der Waals surface area contributed by atoms with Crippen molar-refractivity contribution in [2.24, 2.45) is 0 Å². The minimum atomic E-state index is -0.854. The lowest BCUT2D eigenvalue weighted by atomic mass is 10.2. The van der Waals surface area contributed by atoms with Crippen LogP contribution in [0.1, 0.15) is 0 Å². The van der Waals surface area contributed by atoms with Crippen molar-refractivity contribution in [2.75, 3.05) is 20.0 Å². The number of rotatable bonds is 3. The molecule has 43 valence electrons. The molecule has 1 N–H and O–H groups in total. The van der Waals surface area contributed by atoms with Crippen molar-refractivity contribution in [1.29, 1.82) is 0 Å². The Labute approximate surface area is 41.0 Å². The second kappa shape index (κ2) is 3.99. The van der Waals surface area contributed by atoms with Gasteiger partial charge in [0.15, 0.2) is 0 Å². The van der Waals surface area contributed by atoms with Gasteiger partial charge in [-0.25, -0.2) is 0 Å². The van der Waals surface area contributed by atoms with Crippen LogP contribution in [0.4, 0.5) is 8.78 Å². The fourth-order valence-electron chi connectivity index (χ4n) is 0.120. The number of aliphatic hydroxyl groups is 1. The van der Waals surface area contributed by atoms with Crippen LogP contribution in [0.5, 0.6) is 0 Å². The van der Waals surface area contributed by atoms with Crippen molar-refractivity contribution in [1.82, 2.24) is 0 Å². The topological polar surface area (TPSA) is 20.2 Å². The molecule has 1 nitrogen and oxygen atoms in total. The Morgan fingerprint density at radius 2 is 1.71 bits per heavy atom. The molecular formula is C4H7F2O. The largest absolute Gasteiger partial charge is 0.396 e. The van der Waals surface area contributed by atoms with Gasteiger partial charge in [-0.1, -0.05) is 0 Å². The molecule has 1 radical (unpaired) electrons. The van der Waals surface area contributed by atoms with E-state index in [4.69, 9.17) is 5.11 Å². The highest BCUT2D eigenvalue weighted by Crippen LogP contribution is 1.97. The standard InChI is InChI=1S/C4H7F2O/c5-1-4(2-6)3-7/h7H,1-3H2. The van der Waals surface area contributed by atoms with E-state index in [2.05, 4.69) is 0 Å². The fraction of sp³-hybridized carbons (Fsp3) is 0.750. The Kier molecular flexibility index (Phi) is 3.89. The molecule has 0 saturated carbocycles. The summed E-state index contributed by atoms with van der Waals surface area (Å²) in [6.45, 7) is -2.19. The van der Waals surface area contributed by atoms with Crippen LogP contribution in [-0.2, 0) is 0 Å². The second-order valence-corrected chi connectivity index (χ2v) is 1.18. The highest BCUT2D eigenvalue weighted by Gasteiger charge is 2.04. The number of hydrogen-bond acceptors (Lipinski definition) is 1. The van der Waals surface area contributed by atoms with Crippen molar-refractivity contribution < 1.29 is 13.9 Å². The molecule has 0 aliphatic carbocycles. The lowest BCUT2D eigenvalue weighted by Gasteiger charge is -1.98. The Morgan fingerprint density at radius 1 is 1.29 bits per heavy atom. The van der Waals surface area contributed by atoms with Gasteiger partial charge in [0.1, 0.15) is 13.3 Å². The molecule has 0 rings (SSSR count). The third-order valence-electron chi connectivity index (χ3n) is 0.602. The monoisotopic (exact) mass is 109 g/mol. The van der Waals surface area contributed by atoms with Gasteiger partial charge in [-0.15, -0.1) is 0 Å². The number of hydrogen-bond donors (Lipinski definition) is 1. The molecule has 0 heterocycles. The van der Waals surface area contributed by atoms with Gasteiger partial charge in [0.05, 0.1) is 12.5 Å². The van der Waals surface area contributed by atoms with Gasteiger partial charge in [-0.3, -0.25) is 8.78 Å². The van der Waals surface area contributed by atoms with E-state index in [1.54, 1.807) is 0 Å². The van der Waals surface area contributed by atoms with Crippen molar-refractivity contribution >= 4 is 0 Å². The Morgan fingerprint density at radius 3 is 1.71 bits per heavy atom. The summed E-state index contributed by atoms with van der Waals surface area (Å²) in [7, 11) is 0. The van der Waals surface area contributed by atoms with Crippen LogP contribution in [0, 0.1) is 5.92 Å². The average Bonchev–Trinajstić information content (AvgIpc) is 1.72. The number of alkyl halides is 2. The lowest BCUT2D eigenvalue weighted by Crippen LogP contribution is -2.06.